The maximum atomic E-state index is 7.04. The topological polar surface area (TPSA) is 66.0 Å². The molecule has 0 bridgehead atoms. The Labute approximate surface area is 332 Å². The van der Waals surface area contributed by atoms with Crippen LogP contribution in [0.2, 0.25) is 0 Å². The molecule has 0 saturated carbocycles. The van der Waals surface area contributed by atoms with Gasteiger partial charge in [-0.15, -0.1) is 0 Å². The van der Waals surface area contributed by atoms with Gasteiger partial charge in [0.25, 0.3) is 0 Å². The van der Waals surface area contributed by atoms with Crippen molar-refractivity contribution < 1.29 is 9.15 Å². The summed E-state index contributed by atoms with van der Waals surface area (Å²) in [7, 11) is 0. The number of rotatable bonds is 5. The molecule has 12 rings (SSSR count). The highest BCUT2D eigenvalue weighted by atomic mass is 16.5. The van der Waals surface area contributed by atoms with Gasteiger partial charge in [-0.3, -0.25) is 0 Å². The molecule has 1 aliphatic heterocycles. The van der Waals surface area contributed by atoms with E-state index in [1.165, 1.54) is 44.1 Å². The number of benzene rings is 3. The fourth-order valence-electron chi connectivity index (χ4n) is 10.1. The van der Waals surface area contributed by atoms with E-state index in [-0.39, 0.29) is 17.9 Å². The van der Waals surface area contributed by atoms with Crippen molar-refractivity contribution in [3.05, 3.63) is 173 Å². The van der Waals surface area contributed by atoms with Gasteiger partial charge in [0.15, 0.2) is 11.6 Å². The summed E-state index contributed by atoms with van der Waals surface area (Å²) in [5.74, 6) is 5.16. The monoisotopic (exact) mass is 742 g/mol. The summed E-state index contributed by atoms with van der Waals surface area (Å²) in [6.07, 6.45) is 33.8. The van der Waals surface area contributed by atoms with Crippen molar-refractivity contribution in [1.82, 2.24) is 19.5 Å². The zero-order chi connectivity index (χ0) is 37.5. The summed E-state index contributed by atoms with van der Waals surface area (Å²) >= 11 is 0. The van der Waals surface area contributed by atoms with Gasteiger partial charge in [0, 0.05) is 39.0 Å². The Balaban J connectivity index is 0.989. The minimum atomic E-state index is -0.187. The molecule has 0 N–H and O–H groups in total. The minimum absolute atomic E-state index is 0.0726. The lowest BCUT2D eigenvalue weighted by Crippen LogP contribution is -2.22. The van der Waals surface area contributed by atoms with Crippen LogP contribution in [-0.2, 0) is 12.8 Å². The summed E-state index contributed by atoms with van der Waals surface area (Å²) in [5, 5.41) is 2.48. The van der Waals surface area contributed by atoms with E-state index in [2.05, 4.69) is 132 Å². The first kappa shape index (κ1) is 32.9. The lowest BCUT2D eigenvalue weighted by molar-refractivity contribution is 0.271. The Kier molecular flexibility index (Phi) is 7.60. The fourth-order valence-corrected chi connectivity index (χ4v) is 10.1. The van der Waals surface area contributed by atoms with Crippen LogP contribution in [0.4, 0.5) is 0 Å². The summed E-state index contributed by atoms with van der Waals surface area (Å²) in [6.45, 7) is 0. The Morgan fingerprint density at radius 2 is 1.63 bits per heavy atom. The molecule has 0 fully saturated rings. The molecule has 3 unspecified atom stereocenters. The van der Waals surface area contributed by atoms with Gasteiger partial charge in [-0.05, 0) is 105 Å². The molecule has 0 spiro atoms. The average Bonchev–Trinajstić information content (AvgIpc) is 3.96. The molecule has 278 valence electrons. The number of ether oxygens (including phenoxy) is 1. The van der Waals surface area contributed by atoms with Crippen molar-refractivity contribution in [2.24, 2.45) is 0 Å². The molecule has 3 atom stereocenters. The van der Waals surface area contributed by atoms with E-state index in [0.717, 1.165) is 109 Å². The molecular formula is C51H42N4O2. The molecule has 6 aromatic rings. The van der Waals surface area contributed by atoms with E-state index < -0.39 is 0 Å². The quantitative estimate of drug-likeness (QED) is 0.165. The van der Waals surface area contributed by atoms with Crippen LogP contribution in [-0.4, -0.2) is 25.6 Å². The van der Waals surface area contributed by atoms with E-state index in [0.29, 0.717) is 5.82 Å². The van der Waals surface area contributed by atoms with Gasteiger partial charge >= 0.3 is 0 Å². The van der Waals surface area contributed by atoms with Crippen molar-refractivity contribution in [3.8, 4) is 11.4 Å². The third-order valence-corrected chi connectivity index (χ3v) is 12.8. The van der Waals surface area contributed by atoms with Crippen LogP contribution in [0.15, 0.2) is 126 Å². The second kappa shape index (κ2) is 13.2. The maximum Gasteiger partial charge on any atom is 0.167 e. The van der Waals surface area contributed by atoms with Crippen LogP contribution in [0.1, 0.15) is 108 Å². The lowest BCUT2D eigenvalue weighted by atomic mass is 9.84. The molecule has 0 amide bonds. The summed E-state index contributed by atoms with van der Waals surface area (Å²) in [5.41, 5.74) is 11.8. The second-order valence-electron chi connectivity index (χ2n) is 16.1. The van der Waals surface area contributed by atoms with Crippen molar-refractivity contribution in [2.45, 2.75) is 75.7 Å². The van der Waals surface area contributed by atoms with Gasteiger partial charge in [-0.25, -0.2) is 15.0 Å². The average molecular weight is 743 g/mol. The number of para-hydroxylation sites is 2. The van der Waals surface area contributed by atoms with Crippen LogP contribution >= 0.6 is 0 Å². The summed E-state index contributed by atoms with van der Waals surface area (Å²) in [4.78, 5) is 15.9. The maximum absolute atomic E-state index is 7.04. The molecule has 6 heteroatoms. The van der Waals surface area contributed by atoms with Crippen LogP contribution in [0.25, 0.3) is 50.3 Å². The first-order valence-electron chi connectivity index (χ1n) is 20.8. The number of hydrogen-bond donors (Lipinski definition) is 0. The molecule has 3 aromatic heterocycles. The van der Waals surface area contributed by atoms with E-state index in [1.54, 1.807) is 0 Å². The van der Waals surface area contributed by atoms with Crippen molar-refractivity contribution in [2.75, 3.05) is 0 Å². The molecule has 3 aromatic carbocycles. The van der Waals surface area contributed by atoms with Gasteiger partial charge in [0.2, 0.25) is 0 Å². The minimum Gasteiger partial charge on any atom is -0.483 e. The van der Waals surface area contributed by atoms with E-state index in [9.17, 15) is 0 Å². The predicted octanol–water partition coefficient (Wildman–Crippen LogP) is 12.0. The van der Waals surface area contributed by atoms with E-state index in [4.69, 9.17) is 24.1 Å². The first-order chi connectivity index (χ1) is 28.3. The zero-order valence-corrected chi connectivity index (χ0v) is 31.8. The third kappa shape index (κ3) is 5.26. The van der Waals surface area contributed by atoms with E-state index in [1.807, 2.05) is 0 Å². The lowest BCUT2D eigenvalue weighted by Gasteiger charge is -2.23. The predicted molar refractivity (Wildman–Crippen MR) is 228 cm³/mol. The molecule has 0 radical (unpaired) electrons. The fraction of sp³-hybridized carbons (Fsp3) is 0.235. The number of aromatic nitrogens is 4. The molecule has 6 nitrogen and oxygen atoms in total. The molecule has 0 saturated heterocycles. The van der Waals surface area contributed by atoms with Crippen molar-refractivity contribution >= 4 is 44.6 Å². The van der Waals surface area contributed by atoms with Crippen LogP contribution < -0.4 is 4.74 Å². The van der Waals surface area contributed by atoms with E-state index >= 15 is 0 Å². The number of fused-ring (bicyclic) bond motifs is 9. The van der Waals surface area contributed by atoms with Gasteiger partial charge < -0.3 is 13.7 Å². The van der Waals surface area contributed by atoms with Crippen molar-refractivity contribution in [1.29, 1.82) is 0 Å². The van der Waals surface area contributed by atoms with Crippen molar-refractivity contribution in [3.63, 3.8) is 0 Å². The standard InChI is InChI=1S/C51H42N4O2/c1-3-14-31(15-4-1)33-28-29-42-40(30-33)34-18-7-9-24-41(34)55(42)43-25-12-21-37-46-38(22-13-27-45(46)57-48(37)43)50-52-49(32-16-5-2-6-17-32)53-51(54-50)39-23-11-20-36-35-19-8-10-26-44(35)56-47(36)39/h3,5,7,9-10,12-16,18,21-30,32,45-46H,1-2,4,6,8,11,17,19-20H2. The second-order valence-corrected chi connectivity index (χ2v) is 16.1. The number of hydrogen-bond acceptors (Lipinski definition) is 5. The molecule has 4 heterocycles. The van der Waals surface area contributed by atoms with Gasteiger partial charge in [0.05, 0.1) is 28.2 Å². The van der Waals surface area contributed by atoms with Gasteiger partial charge in [0.1, 0.15) is 29.2 Å². The summed E-state index contributed by atoms with van der Waals surface area (Å²) in [6, 6.07) is 22.3. The Hall–Kier alpha value is -6.27. The summed E-state index contributed by atoms with van der Waals surface area (Å²) < 4.78 is 16.0. The Morgan fingerprint density at radius 1 is 0.719 bits per heavy atom. The third-order valence-electron chi connectivity index (χ3n) is 12.8. The number of allylic oxidation sites excluding steroid dienone is 10. The number of nitrogens with zero attached hydrogens (tertiary/aromatic N) is 4. The zero-order valence-electron chi connectivity index (χ0n) is 31.8. The Morgan fingerprint density at radius 3 is 2.56 bits per heavy atom. The highest BCUT2D eigenvalue weighted by Gasteiger charge is 2.41. The first-order valence-corrected chi connectivity index (χ1v) is 20.8. The molecule has 6 aliphatic rings. The molecular weight excluding hydrogens is 701 g/mol. The molecule has 57 heavy (non-hydrogen) atoms. The van der Waals surface area contributed by atoms with Gasteiger partial charge in [-0.2, -0.15) is 0 Å². The SMILES string of the molecule is C1=CC2Oc3c(cccc3-n3c4ccccc4c4cc(C5=CCCC=C5)ccc43)C2C(c2nc(C3=CCCc4c3oc3c4CCC=C3)nc(C3C=CCCC3)n2)=C1. The Bertz CT molecular complexity index is 2890. The van der Waals surface area contributed by atoms with Crippen LogP contribution in [0.5, 0.6) is 5.75 Å². The normalized spacial score (nSPS) is 21.8. The molecule has 5 aliphatic carbocycles. The smallest absolute Gasteiger partial charge is 0.167 e. The van der Waals surface area contributed by atoms with Crippen LogP contribution in [0.3, 0.4) is 0 Å². The number of furan rings is 1. The highest BCUT2D eigenvalue weighted by molar-refractivity contribution is 6.10. The largest absolute Gasteiger partial charge is 0.483 e. The van der Waals surface area contributed by atoms with Gasteiger partial charge in [-0.1, -0.05) is 91.1 Å². The van der Waals surface area contributed by atoms with Crippen LogP contribution in [0, 0.1) is 0 Å². The highest BCUT2D eigenvalue weighted by Crippen LogP contribution is 2.51.